The van der Waals surface area contributed by atoms with Crippen LogP contribution in [0.4, 0.5) is 0 Å². The summed E-state index contributed by atoms with van der Waals surface area (Å²) >= 11 is 0. The molecule has 1 aromatic heterocycles. The molecule has 0 spiro atoms. The molecule has 1 rings (SSSR count). The van der Waals surface area contributed by atoms with Crippen LogP contribution in [-0.4, -0.2) is 29.3 Å². The third-order valence-electron chi connectivity index (χ3n) is 2.20. The fraction of sp³-hybridized carbons (Fsp3) is 0.600. The molecule has 1 aromatic rings. The number of aromatic nitrogens is 2. The zero-order valence-electron chi connectivity index (χ0n) is 10.0. The maximum Gasteiger partial charge on any atom is 0.188 e. The lowest BCUT2D eigenvalue weighted by molar-refractivity contribution is 0.557. The summed E-state index contributed by atoms with van der Waals surface area (Å²) in [6.45, 7) is 5.80. The lowest BCUT2D eigenvalue weighted by Crippen LogP contribution is -2.32. The van der Waals surface area contributed by atoms with Gasteiger partial charge in [0.2, 0.25) is 0 Å². The molecule has 0 aliphatic heterocycles. The largest absolute Gasteiger partial charge is 0.370 e. The second-order valence-corrected chi connectivity index (χ2v) is 3.54. The third-order valence-corrected chi connectivity index (χ3v) is 2.20. The monoisotopic (exact) mass is 337 g/mol. The highest BCUT2D eigenvalue weighted by Gasteiger charge is 1.99. The van der Waals surface area contributed by atoms with Gasteiger partial charge >= 0.3 is 0 Å². The van der Waals surface area contributed by atoms with Gasteiger partial charge in [-0.25, -0.2) is 0 Å². The van der Waals surface area contributed by atoms with E-state index in [-0.39, 0.29) is 24.0 Å². The van der Waals surface area contributed by atoms with Gasteiger partial charge in [0.25, 0.3) is 0 Å². The number of aliphatic imine (C=N–C) groups is 1. The van der Waals surface area contributed by atoms with Crippen molar-refractivity contribution in [3.8, 4) is 0 Å². The van der Waals surface area contributed by atoms with Crippen molar-refractivity contribution in [3.05, 3.63) is 17.5 Å². The van der Waals surface area contributed by atoms with E-state index < -0.39 is 0 Å². The second-order valence-electron chi connectivity index (χ2n) is 3.54. The quantitative estimate of drug-likeness (QED) is 0.373. The molecule has 0 unspecified atom stereocenters. The van der Waals surface area contributed by atoms with E-state index in [1.54, 1.807) is 7.05 Å². The van der Waals surface area contributed by atoms with Crippen LogP contribution < -0.4 is 11.1 Å². The van der Waals surface area contributed by atoms with Crippen LogP contribution in [-0.2, 0) is 6.54 Å². The van der Waals surface area contributed by atoms with Gasteiger partial charge in [0, 0.05) is 25.8 Å². The molecule has 0 aromatic carbocycles. The molecule has 0 amide bonds. The van der Waals surface area contributed by atoms with Crippen LogP contribution in [0.3, 0.4) is 0 Å². The van der Waals surface area contributed by atoms with Crippen molar-refractivity contribution in [1.29, 1.82) is 0 Å². The number of nitrogens with two attached hydrogens (primary N) is 1. The first kappa shape index (κ1) is 15.2. The smallest absolute Gasteiger partial charge is 0.188 e. The summed E-state index contributed by atoms with van der Waals surface area (Å²) < 4.78 is 2.01. The van der Waals surface area contributed by atoms with E-state index >= 15 is 0 Å². The molecular weight excluding hydrogens is 317 g/mol. The highest BCUT2D eigenvalue weighted by Crippen LogP contribution is 2.01. The van der Waals surface area contributed by atoms with Crippen LogP contribution in [0.25, 0.3) is 0 Å². The SMILES string of the molecule is CN=C(N)NCCCn1nc(C)cc1C.I. The number of halogens is 1. The third kappa shape index (κ3) is 4.82. The van der Waals surface area contributed by atoms with E-state index in [0.717, 1.165) is 25.2 Å². The maximum atomic E-state index is 5.50. The van der Waals surface area contributed by atoms with Crippen LogP contribution in [0.15, 0.2) is 11.1 Å². The normalized spacial score (nSPS) is 11.1. The van der Waals surface area contributed by atoms with E-state index in [4.69, 9.17) is 5.73 Å². The molecule has 6 heteroatoms. The van der Waals surface area contributed by atoms with Gasteiger partial charge in [-0.2, -0.15) is 5.10 Å². The van der Waals surface area contributed by atoms with Gasteiger partial charge in [-0.15, -0.1) is 24.0 Å². The fourth-order valence-corrected chi connectivity index (χ4v) is 1.43. The molecule has 0 aliphatic rings. The van der Waals surface area contributed by atoms with E-state index in [1.807, 2.05) is 11.6 Å². The van der Waals surface area contributed by atoms with Gasteiger partial charge in [-0.1, -0.05) is 0 Å². The van der Waals surface area contributed by atoms with E-state index in [0.29, 0.717) is 5.96 Å². The molecule has 0 fully saturated rings. The molecule has 0 bridgehead atoms. The van der Waals surface area contributed by atoms with E-state index in [2.05, 4.69) is 28.4 Å². The van der Waals surface area contributed by atoms with Gasteiger partial charge in [0.05, 0.1) is 5.69 Å². The number of hydrogen-bond acceptors (Lipinski definition) is 2. The summed E-state index contributed by atoms with van der Waals surface area (Å²) in [5, 5.41) is 7.39. The number of nitrogens with one attached hydrogen (secondary N) is 1. The molecule has 0 radical (unpaired) electrons. The summed E-state index contributed by atoms with van der Waals surface area (Å²) in [6, 6.07) is 2.08. The highest BCUT2D eigenvalue weighted by atomic mass is 127. The molecule has 92 valence electrons. The predicted molar refractivity (Wildman–Crippen MR) is 77.3 cm³/mol. The summed E-state index contributed by atoms with van der Waals surface area (Å²) in [5.74, 6) is 0.489. The lowest BCUT2D eigenvalue weighted by Gasteiger charge is -2.06. The van der Waals surface area contributed by atoms with Crippen molar-refractivity contribution in [2.24, 2.45) is 10.7 Å². The van der Waals surface area contributed by atoms with Crippen LogP contribution in [0.2, 0.25) is 0 Å². The topological polar surface area (TPSA) is 68.2 Å². The molecule has 5 nitrogen and oxygen atoms in total. The minimum atomic E-state index is 0. The summed E-state index contributed by atoms with van der Waals surface area (Å²) in [6.07, 6.45) is 0.984. The minimum Gasteiger partial charge on any atom is -0.370 e. The van der Waals surface area contributed by atoms with Crippen LogP contribution >= 0.6 is 24.0 Å². The van der Waals surface area contributed by atoms with Gasteiger partial charge in [0.15, 0.2) is 5.96 Å². The minimum absolute atomic E-state index is 0. The molecule has 0 saturated carbocycles. The molecule has 3 N–H and O–H groups in total. The van der Waals surface area contributed by atoms with Crippen molar-refractivity contribution >= 4 is 29.9 Å². The first-order valence-electron chi connectivity index (χ1n) is 5.10. The van der Waals surface area contributed by atoms with Crippen LogP contribution in [0, 0.1) is 13.8 Å². The average molecular weight is 337 g/mol. The number of aryl methyl sites for hydroxylation is 3. The van der Waals surface area contributed by atoms with Crippen LogP contribution in [0.1, 0.15) is 17.8 Å². The van der Waals surface area contributed by atoms with E-state index in [9.17, 15) is 0 Å². The van der Waals surface area contributed by atoms with Gasteiger partial charge in [-0.3, -0.25) is 9.67 Å². The number of guanidine groups is 1. The summed E-state index contributed by atoms with van der Waals surface area (Å²) in [4.78, 5) is 3.82. The number of rotatable bonds is 4. The standard InChI is InChI=1S/C10H19N5.HI/c1-8-7-9(2)15(14-8)6-4-5-13-10(11)12-3;/h7H,4-6H2,1-3H3,(H3,11,12,13);1H. The summed E-state index contributed by atoms with van der Waals surface area (Å²) in [5.41, 5.74) is 7.77. The first-order valence-corrected chi connectivity index (χ1v) is 5.10. The van der Waals surface area contributed by atoms with Crippen molar-refractivity contribution in [2.45, 2.75) is 26.8 Å². The maximum absolute atomic E-state index is 5.50. The Kier molecular flexibility index (Phi) is 7.11. The van der Waals surface area contributed by atoms with Gasteiger partial charge < -0.3 is 11.1 Å². The molecule has 0 atom stereocenters. The van der Waals surface area contributed by atoms with Crippen molar-refractivity contribution in [2.75, 3.05) is 13.6 Å². The summed E-state index contributed by atoms with van der Waals surface area (Å²) in [7, 11) is 1.67. The average Bonchev–Trinajstić information content (AvgIpc) is 2.52. The van der Waals surface area contributed by atoms with Crippen molar-refractivity contribution in [1.82, 2.24) is 15.1 Å². The lowest BCUT2D eigenvalue weighted by atomic mass is 10.4. The zero-order valence-corrected chi connectivity index (χ0v) is 12.4. The Morgan fingerprint density at radius 1 is 1.56 bits per heavy atom. The van der Waals surface area contributed by atoms with Gasteiger partial charge in [-0.05, 0) is 26.3 Å². The Hall–Kier alpha value is -0.790. The van der Waals surface area contributed by atoms with Crippen molar-refractivity contribution in [3.63, 3.8) is 0 Å². The molecule has 0 aliphatic carbocycles. The Balaban J connectivity index is 0.00000225. The fourth-order valence-electron chi connectivity index (χ4n) is 1.43. The number of nitrogens with zero attached hydrogens (tertiary/aromatic N) is 3. The molecule has 0 saturated heterocycles. The highest BCUT2D eigenvalue weighted by molar-refractivity contribution is 14.0. The van der Waals surface area contributed by atoms with Gasteiger partial charge in [0.1, 0.15) is 0 Å². The molecular formula is C10H20IN5. The zero-order chi connectivity index (χ0) is 11.3. The van der Waals surface area contributed by atoms with Crippen molar-refractivity contribution < 1.29 is 0 Å². The van der Waals surface area contributed by atoms with E-state index in [1.165, 1.54) is 5.69 Å². The molecule has 1 heterocycles. The Labute approximate surface area is 114 Å². The Bertz CT molecular complexity index is 345. The Morgan fingerprint density at radius 3 is 2.75 bits per heavy atom. The Morgan fingerprint density at radius 2 is 2.25 bits per heavy atom. The van der Waals surface area contributed by atoms with Crippen LogP contribution in [0.5, 0.6) is 0 Å². The molecule has 16 heavy (non-hydrogen) atoms. The number of hydrogen-bond donors (Lipinski definition) is 2. The second kappa shape index (κ2) is 7.48. The first-order chi connectivity index (χ1) is 7.13. The predicted octanol–water partition coefficient (Wildman–Crippen LogP) is 1.04.